The third-order valence-corrected chi connectivity index (χ3v) is 4.77. The van der Waals surface area contributed by atoms with Crippen molar-refractivity contribution in [1.29, 1.82) is 0 Å². The molecule has 1 aromatic carbocycles. The molecular weight excluding hydrogens is 310 g/mol. The Balaban J connectivity index is 1.86. The van der Waals surface area contributed by atoms with E-state index in [0.717, 1.165) is 38.0 Å². The molecule has 1 aromatic rings. The monoisotopic (exact) mass is 335 g/mol. The second kappa shape index (κ2) is 8.37. The van der Waals surface area contributed by atoms with Gasteiger partial charge in [0.25, 0.3) is 0 Å². The molecule has 5 heteroatoms. The zero-order chi connectivity index (χ0) is 16.8. The SMILES string of the molecule is C=CCN1CCC(NC(=O)N(C)[C@H](C)c2cccc(Cl)c2)CC1. The Morgan fingerprint density at radius 2 is 2.22 bits per heavy atom. The molecule has 0 bridgehead atoms. The van der Waals surface area contributed by atoms with Gasteiger partial charge in [-0.05, 0) is 37.5 Å². The van der Waals surface area contributed by atoms with Gasteiger partial charge < -0.3 is 10.2 Å². The van der Waals surface area contributed by atoms with E-state index in [2.05, 4.69) is 16.8 Å². The van der Waals surface area contributed by atoms with Crippen molar-refractivity contribution in [3.05, 3.63) is 47.5 Å². The summed E-state index contributed by atoms with van der Waals surface area (Å²) >= 11 is 6.04. The smallest absolute Gasteiger partial charge is 0.317 e. The van der Waals surface area contributed by atoms with Gasteiger partial charge in [-0.3, -0.25) is 4.90 Å². The van der Waals surface area contributed by atoms with Gasteiger partial charge in [-0.15, -0.1) is 6.58 Å². The number of amides is 2. The Morgan fingerprint density at radius 1 is 1.52 bits per heavy atom. The molecule has 1 heterocycles. The Labute approximate surface area is 144 Å². The van der Waals surface area contributed by atoms with E-state index in [1.54, 1.807) is 4.90 Å². The number of nitrogens with zero attached hydrogens (tertiary/aromatic N) is 2. The zero-order valence-electron chi connectivity index (χ0n) is 14.0. The average Bonchev–Trinajstić information content (AvgIpc) is 2.55. The lowest BCUT2D eigenvalue weighted by molar-refractivity contribution is 0.174. The van der Waals surface area contributed by atoms with Gasteiger partial charge in [0, 0.05) is 37.7 Å². The molecule has 4 nitrogen and oxygen atoms in total. The fraction of sp³-hybridized carbons (Fsp3) is 0.500. The number of carbonyl (C=O) groups excluding carboxylic acids is 1. The molecule has 2 rings (SSSR count). The largest absolute Gasteiger partial charge is 0.335 e. The van der Waals surface area contributed by atoms with Gasteiger partial charge in [-0.25, -0.2) is 4.79 Å². The second-order valence-corrected chi connectivity index (χ2v) is 6.59. The van der Waals surface area contributed by atoms with Crippen molar-refractivity contribution in [3.63, 3.8) is 0 Å². The Morgan fingerprint density at radius 3 is 2.83 bits per heavy atom. The van der Waals surface area contributed by atoms with Crippen molar-refractivity contribution in [2.24, 2.45) is 0 Å². The lowest BCUT2D eigenvalue weighted by Gasteiger charge is -2.33. The number of rotatable bonds is 5. The van der Waals surface area contributed by atoms with Gasteiger partial charge in [0.1, 0.15) is 0 Å². The van der Waals surface area contributed by atoms with Crippen molar-refractivity contribution in [3.8, 4) is 0 Å². The van der Waals surface area contributed by atoms with Crippen LogP contribution in [-0.4, -0.2) is 48.6 Å². The van der Waals surface area contributed by atoms with Crippen LogP contribution in [0.2, 0.25) is 5.02 Å². The summed E-state index contributed by atoms with van der Waals surface area (Å²) in [6, 6.07) is 7.86. The third-order valence-electron chi connectivity index (χ3n) is 4.53. The number of urea groups is 1. The van der Waals surface area contributed by atoms with E-state index < -0.39 is 0 Å². The number of benzene rings is 1. The van der Waals surface area contributed by atoms with Crippen LogP contribution in [0, 0.1) is 0 Å². The molecule has 0 aliphatic carbocycles. The number of carbonyl (C=O) groups is 1. The predicted octanol–water partition coefficient (Wildman–Crippen LogP) is 3.69. The first-order valence-electron chi connectivity index (χ1n) is 8.13. The number of hydrogen-bond donors (Lipinski definition) is 1. The topological polar surface area (TPSA) is 35.6 Å². The summed E-state index contributed by atoms with van der Waals surface area (Å²) in [6.07, 6.45) is 3.90. The normalized spacial score (nSPS) is 17.5. The molecule has 1 saturated heterocycles. The maximum Gasteiger partial charge on any atom is 0.317 e. The molecule has 126 valence electrons. The quantitative estimate of drug-likeness (QED) is 0.833. The summed E-state index contributed by atoms with van der Waals surface area (Å²) in [6.45, 7) is 8.72. The fourth-order valence-electron chi connectivity index (χ4n) is 2.88. The first-order chi connectivity index (χ1) is 11.0. The highest BCUT2D eigenvalue weighted by atomic mass is 35.5. The van der Waals surface area contributed by atoms with Crippen molar-refractivity contribution >= 4 is 17.6 Å². The maximum atomic E-state index is 12.5. The van der Waals surface area contributed by atoms with E-state index in [1.165, 1.54) is 0 Å². The number of nitrogens with one attached hydrogen (secondary N) is 1. The van der Waals surface area contributed by atoms with Crippen molar-refractivity contribution in [2.45, 2.75) is 31.8 Å². The van der Waals surface area contributed by atoms with Gasteiger partial charge in [0.05, 0.1) is 6.04 Å². The predicted molar refractivity (Wildman–Crippen MR) is 95.8 cm³/mol. The van der Waals surface area contributed by atoms with Crippen molar-refractivity contribution in [1.82, 2.24) is 15.1 Å². The summed E-state index contributed by atoms with van der Waals surface area (Å²) in [5.41, 5.74) is 1.04. The summed E-state index contributed by atoms with van der Waals surface area (Å²) in [4.78, 5) is 16.6. The first-order valence-corrected chi connectivity index (χ1v) is 8.51. The van der Waals surface area contributed by atoms with Crippen LogP contribution >= 0.6 is 11.6 Å². The molecule has 1 aliphatic rings. The Kier molecular flexibility index (Phi) is 6.48. The molecule has 0 aromatic heterocycles. The van der Waals surface area contributed by atoms with Crippen LogP contribution < -0.4 is 5.32 Å². The van der Waals surface area contributed by atoms with Crippen molar-refractivity contribution < 1.29 is 4.79 Å². The van der Waals surface area contributed by atoms with Crippen LogP contribution in [0.3, 0.4) is 0 Å². The molecule has 23 heavy (non-hydrogen) atoms. The average molecular weight is 336 g/mol. The summed E-state index contributed by atoms with van der Waals surface area (Å²) in [7, 11) is 1.83. The van der Waals surface area contributed by atoms with Crippen LogP contribution in [0.1, 0.15) is 31.4 Å². The van der Waals surface area contributed by atoms with Crippen LogP contribution in [0.4, 0.5) is 4.79 Å². The van der Waals surface area contributed by atoms with Crippen molar-refractivity contribution in [2.75, 3.05) is 26.7 Å². The standard InChI is InChI=1S/C18H26ClN3O/c1-4-10-22-11-8-17(9-12-22)20-18(23)21(3)14(2)15-6-5-7-16(19)13-15/h4-7,13-14,17H,1,8-12H2,2-3H3,(H,20,23)/t14-/m1/s1. The minimum atomic E-state index is -0.0281. The van der Waals surface area contributed by atoms with Crippen LogP contribution in [-0.2, 0) is 0 Å². The van der Waals surface area contributed by atoms with E-state index in [0.29, 0.717) is 5.02 Å². The van der Waals surface area contributed by atoms with Crippen LogP contribution in [0.15, 0.2) is 36.9 Å². The van der Waals surface area contributed by atoms with Crippen LogP contribution in [0.5, 0.6) is 0 Å². The highest BCUT2D eigenvalue weighted by Crippen LogP contribution is 2.22. The molecule has 2 amide bonds. The third kappa shape index (κ3) is 4.98. The zero-order valence-corrected chi connectivity index (χ0v) is 14.7. The molecule has 1 N–H and O–H groups in total. The molecule has 0 spiro atoms. The Hall–Kier alpha value is -1.52. The van der Waals surface area contributed by atoms with Gasteiger partial charge in [-0.1, -0.05) is 29.8 Å². The molecule has 0 saturated carbocycles. The molecule has 0 radical (unpaired) electrons. The van der Waals surface area contributed by atoms with Gasteiger partial charge in [0.15, 0.2) is 0 Å². The molecule has 1 atom stereocenters. The van der Waals surface area contributed by atoms with Gasteiger partial charge in [-0.2, -0.15) is 0 Å². The lowest BCUT2D eigenvalue weighted by atomic mass is 10.0. The summed E-state index contributed by atoms with van der Waals surface area (Å²) in [5.74, 6) is 0. The summed E-state index contributed by atoms with van der Waals surface area (Å²) in [5, 5.41) is 3.84. The molecule has 0 unspecified atom stereocenters. The number of piperidine rings is 1. The van der Waals surface area contributed by atoms with E-state index in [-0.39, 0.29) is 18.1 Å². The first kappa shape index (κ1) is 17.8. The molecule has 1 fully saturated rings. The second-order valence-electron chi connectivity index (χ2n) is 6.15. The minimum Gasteiger partial charge on any atom is -0.335 e. The molecule has 1 aliphatic heterocycles. The fourth-order valence-corrected chi connectivity index (χ4v) is 3.08. The maximum absolute atomic E-state index is 12.5. The summed E-state index contributed by atoms with van der Waals surface area (Å²) < 4.78 is 0. The van der Waals surface area contributed by atoms with E-state index in [4.69, 9.17) is 11.6 Å². The van der Waals surface area contributed by atoms with Crippen LogP contribution in [0.25, 0.3) is 0 Å². The van der Waals surface area contributed by atoms with E-state index in [1.807, 2.05) is 44.3 Å². The number of halogens is 1. The van der Waals surface area contributed by atoms with E-state index >= 15 is 0 Å². The number of hydrogen-bond acceptors (Lipinski definition) is 2. The minimum absolute atomic E-state index is 0.0189. The lowest BCUT2D eigenvalue weighted by Crippen LogP contribution is -2.48. The van der Waals surface area contributed by atoms with E-state index in [9.17, 15) is 4.79 Å². The highest BCUT2D eigenvalue weighted by Gasteiger charge is 2.23. The number of likely N-dealkylation sites (tertiary alicyclic amines) is 1. The molecular formula is C18H26ClN3O. The van der Waals surface area contributed by atoms with Gasteiger partial charge in [0.2, 0.25) is 0 Å². The van der Waals surface area contributed by atoms with Gasteiger partial charge >= 0.3 is 6.03 Å². The highest BCUT2D eigenvalue weighted by molar-refractivity contribution is 6.30. The Bertz CT molecular complexity index is 541.